The summed E-state index contributed by atoms with van der Waals surface area (Å²) in [5.74, 6) is 1.97. The lowest BCUT2D eigenvalue weighted by Crippen LogP contribution is -2.15. The van der Waals surface area contributed by atoms with Gasteiger partial charge in [-0.25, -0.2) is 14.4 Å². The lowest BCUT2D eigenvalue weighted by Gasteiger charge is -2.23. The Morgan fingerprint density at radius 1 is 1.11 bits per heavy atom. The zero-order chi connectivity index (χ0) is 24.4. The number of hydrogen-bond acceptors (Lipinski definition) is 6. The van der Waals surface area contributed by atoms with Crippen molar-refractivity contribution in [3.63, 3.8) is 0 Å². The van der Waals surface area contributed by atoms with Crippen molar-refractivity contribution >= 4 is 34.4 Å². The molecule has 0 atom stereocenters. The van der Waals surface area contributed by atoms with Gasteiger partial charge in [0.05, 0.1) is 11.0 Å². The predicted octanol–water partition coefficient (Wildman–Crippen LogP) is 5.50. The van der Waals surface area contributed by atoms with Crippen molar-refractivity contribution in [3.8, 4) is 11.5 Å². The molecule has 35 heavy (non-hydrogen) atoms. The first kappa shape index (κ1) is 22.8. The monoisotopic (exact) mass is 475 g/mol. The van der Waals surface area contributed by atoms with Gasteiger partial charge in [0, 0.05) is 51.2 Å². The number of aryl methyl sites for hydroxylation is 1. The quantitative estimate of drug-likeness (QED) is 0.383. The van der Waals surface area contributed by atoms with E-state index in [1.165, 1.54) is 13.0 Å². The lowest BCUT2D eigenvalue weighted by atomic mass is 9.91. The molecule has 0 spiro atoms. The van der Waals surface area contributed by atoms with Crippen LogP contribution in [0.3, 0.4) is 0 Å². The molecular weight excluding hydrogens is 449 g/mol. The molecule has 4 aromatic rings. The van der Waals surface area contributed by atoms with E-state index in [9.17, 15) is 9.18 Å². The summed E-state index contributed by atoms with van der Waals surface area (Å²) in [7, 11) is 1.92. The molecule has 8 nitrogen and oxygen atoms in total. The highest BCUT2D eigenvalue weighted by Gasteiger charge is 2.20. The Morgan fingerprint density at radius 2 is 1.91 bits per heavy atom. The molecule has 9 heteroatoms. The normalized spacial score (nSPS) is 14.1. The maximum absolute atomic E-state index is 14.5. The highest BCUT2D eigenvalue weighted by Crippen LogP contribution is 2.32. The number of nitrogens with zero attached hydrogens (tertiary/aromatic N) is 3. The van der Waals surface area contributed by atoms with Crippen LogP contribution in [-0.4, -0.2) is 33.7 Å². The van der Waals surface area contributed by atoms with E-state index >= 15 is 0 Å². The molecule has 2 N–H and O–H groups in total. The van der Waals surface area contributed by atoms with Gasteiger partial charge in [0.1, 0.15) is 23.1 Å². The second kappa shape index (κ2) is 9.71. The van der Waals surface area contributed by atoms with E-state index in [0.717, 1.165) is 29.6 Å². The molecule has 1 aliphatic rings. The Balaban J connectivity index is 1.37. The van der Waals surface area contributed by atoms with Gasteiger partial charge in [-0.05, 0) is 60.7 Å². The number of nitrogens with one attached hydrogen (secondary N) is 2. The number of benzene rings is 2. The first-order chi connectivity index (χ1) is 17.0. The number of pyridine rings is 1. The second-order valence-corrected chi connectivity index (χ2v) is 8.55. The van der Waals surface area contributed by atoms with Crippen molar-refractivity contribution in [2.24, 2.45) is 7.05 Å². The van der Waals surface area contributed by atoms with Crippen molar-refractivity contribution in [2.75, 3.05) is 23.8 Å². The average Bonchev–Trinajstić information content (AvgIpc) is 3.15. The summed E-state index contributed by atoms with van der Waals surface area (Å²) in [4.78, 5) is 20.1. The van der Waals surface area contributed by atoms with Crippen LogP contribution < -0.4 is 15.4 Å². The summed E-state index contributed by atoms with van der Waals surface area (Å²) >= 11 is 0. The third-order valence-corrected chi connectivity index (χ3v) is 6.04. The van der Waals surface area contributed by atoms with E-state index in [-0.39, 0.29) is 17.6 Å². The van der Waals surface area contributed by atoms with Crippen molar-refractivity contribution in [1.82, 2.24) is 14.5 Å². The molecule has 2 aromatic heterocycles. The third kappa shape index (κ3) is 5.09. The van der Waals surface area contributed by atoms with Gasteiger partial charge in [-0.1, -0.05) is 0 Å². The Labute approximate surface area is 202 Å². The molecule has 0 saturated carbocycles. The van der Waals surface area contributed by atoms with Gasteiger partial charge in [-0.2, -0.15) is 0 Å². The van der Waals surface area contributed by atoms with E-state index in [0.29, 0.717) is 42.0 Å². The molecule has 1 aliphatic heterocycles. The molecule has 0 unspecified atom stereocenters. The maximum atomic E-state index is 14.5. The van der Waals surface area contributed by atoms with E-state index in [4.69, 9.17) is 14.5 Å². The summed E-state index contributed by atoms with van der Waals surface area (Å²) < 4.78 is 27.8. The molecule has 0 radical (unpaired) electrons. The number of hydrogen-bond donors (Lipinski definition) is 2. The Bertz CT molecular complexity index is 1380. The highest BCUT2D eigenvalue weighted by atomic mass is 19.1. The number of aromatic nitrogens is 3. The van der Waals surface area contributed by atoms with Gasteiger partial charge in [-0.15, -0.1) is 0 Å². The average molecular weight is 476 g/mol. The molecule has 1 saturated heterocycles. The van der Waals surface area contributed by atoms with Crippen molar-refractivity contribution in [3.05, 3.63) is 66.1 Å². The zero-order valence-corrected chi connectivity index (χ0v) is 19.5. The van der Waals surface area contributed by atoms with Crippen LogP contribution in [-0.2, 0) is 16.6 Å². The number of halogens is 1. The van der Waals surface area contributed by atoms with E-state index < -0.39 is 0 Å². The minimum Gasteiger partial charge on any atom is -0.457 e. The van der Waals surface area contributed by atoms with E-state index in [1.54, 1.807) is 24.4 Å². The fourth-order valence-corrected chi connectivity index (χ4v) is 4.29. The van der Waals surface area contributed by atoms with Gasteiger partial charge < -0.3 is 24.7 Å². The van der Waals surface area contributed by atoms with Gasteiger partial charge in [0.15, 0.2) is 0 Å². The maximum Gasteiger partial charge on any atom is 0.222 e. The summed E-state index contributed by atoms with van der Waals surface area (Å²) in [6.07, 6.45) is 3.21. The molecular formula is C26H26FN5O3. The molecule has 2 aromatic carbocycles. The van der Waals surface area contributed by atoms with Crippen molar-refractivity contribution in [2.45, 2.75) is 25.7 Å². The molecule has 5 rings (SSSR count). The molecule has 1 amide bonds. The van der Waals surface area contributed by atoms with Gasteiger partial charge in [0.2, 0.25) is 11.9 Å². The predicted molar refractivity (Wildman–Crippen MR) is 132 cm³/mol. The number of imidazole rings is 1. The molecule has 0 aliphatic carbocycles. The van der Waals surface area contributed by atoms with Crippen molar-refractivity contribution in [1.29, 1.82) is 0 Å². The first-order valence-corrected chi connectivity index (χ1v) is 11.5. The number of ether oxygens (including phenoxy) is 2. The molecule has 180 valence electrons. The summed E-state index contributed by atoms with van der Waals surface area (Å²) in [5, 5.41) is 5.97. The number of carbonyl (C=O) groups is 1. The topological polar surface area (TPSA) is 90.3 Å². The Kier molecular flexibility index (Phi) is 6.33. The van der Waals surface area contributed by atoms with Crippen LogP contribution in [0.4, 0.5) is 21.8 Å². The van der Waals surface area contributed by atoms with E-state index in [2.05, 4.69) is 15.6 Å². The van der Waals surface area contributed by atoms with Gasteiger partial charge in [-0.3, -0.25) is 4.79 Å². The number of fused-ring (bicyclic) bond motifs is 1. The summed E-state index contributed by atoms with van der Waals surface area (Å²) in [6, 6.07) is 14.1. The number of amides is 1. The minimum absolute atomic E-state index is 0.157. The SMILES string of the molecule is CC(=O)Nc1cc(Oc2ccc3c(c2)nc(Nc2ccc(F)c(C4CCOCC4)c2)n3C)ccn1. The standard InChI is InChI=1S/C26H26FN5O3/c1-16(33)29-25-15-20(7-10-28-25)35-19-4-6-24-23(14-19)31-26(32(24)2)30-18-3-5-22(27)21(13-18)17-8-11-34-12-9-17/h3-7,10,13-15,17H,8-9,11-12H2,1-2H3,(H,30,31)(H,28,29,33). The van der Waals surface area contributed by atoms with Crippen LogP contribution in [0.15, 0.2) is 54.7 Å². The van der Waals surface area contributed by atoms with Gasteiger partial charge in [0.25, 0.3) is 0 Å². The van der Waals surface area contributed by atoms with Crippen LogP contribution >= 0.6 is 0 Å². The molecule has 3 heterocycles. The number of carbonyl (C=O) groups excluding carboxylic acids is 1. The van der Waals surface area contributed by atoms with Crippen LogP contribution in [0.5, 0.6) is 11.5 Å². The molecule has 0 bridgehead atoms. The number of rotatable bonds is 6. The van der Waals surface area contributed by atoms with Crippen LogP contribution in [0, 0.1) is 5.82 Å². The van der Waals surface area contributed by atoms with Crippen LogP contribution in [0.1, 0.15) is 31.2 Å². The van der Waals surface area contributed by atoms with Gasteiger partial charge >= 0.3 is 0 Å². The second-order valence-electron chi connectivity index (χ2n) is 8.55. The summed E-state index contributed by atoms with van der Waals surface area (Å²) in [5.41, 5.74) is 3.16. The fourth-order valence-electron chi connectivity index (χ4n) is 4.29. The van der Waals surface area contributed by atoms with Crippen LogP contribution in [0.2, 0.25) is 0 Å². The first-order valence-electron chi connectivity index (χ1n) is 11.5. The Hall–Kier alpha value is -3.98. The smallest absolute Gasteiger partial charge is 0.222 e. The Morgan fingerprint density at radius 3 is 2.71 bits per heavy atom. The zero-order valence-electron chi connectivity index (χ0n) is 19.5. The van der Waals surface area contributed by atoms with Crippen LogP contribution in [0.25, 0.3) is 11.0 Å². The highest BCUT2D eigenvalue weighted by molar-refractivity contribution is 5.87. The molecule has 1 fully saturated rings. The summed E-state index contributed by atoms with van der Waals surface area (Å²) in [6.45, 7) is 2.74. The fraction of sp³-hybridized carbons (Fsp3) is 0.269. The van der Waals surface area contributed by atoms with E-state index in [1.807, 2.05) is 35.9 Å². The minimum atomic E-state index is -0.203. The van der Waals surface area contributed by atoms with Crippen molar-refractivity contribution < 1.29 is 18.7 Å². The third-order valence-electron chi connectivity index (χ3n) is 6.04. The lowest BCUT2D eigenvalue weighted by molar-refractivity contribution is -0.114. The largest absolute Gasteiger partial charge is 0.457 e. The number of anilines is 3.